The molecule has 8 heteroatoms. The molecule has 25 heavy (non-hydrogen) atoms. The quantitative estimate of drug-likeness (QED) is 0.652. The van der Waals surface area contributed by atoms with Crippen molar-refractivity contribution in [2.75, 3.05) is 13.2 Å². The van der Waals surface area contributed by atoms with Crippen LogP contribution in [0.1, 0.15) is 15.9 Å². The maximum absolute atomic E-state index is 12.3. The van der Waals surface area contributed by atoms with E-state index in [1.807, 2.05) is 19.1 Å². The van der Waals surface area contributed by atoms with E-state index in [0.29, 0.717) is 5.75 Å². The molecule has 0 unspecified atom stereocenters. The smallest absolute Gasteiger partial charge is 0.337 e. The van der Waals surface area contributed by atoms with Crippen LogP contribution in [0.25, 0.3) is 0 Å². The Morgan fingerprint density at radius 1 is 1.16 bits per heavy atom. The molecule has 134 valence electrons. The van der Waals surface area contributed by atoms with Crippen LogP contribution >= 0.6 is 0 Å². The van der Waals surface area contributed by atoms with Crippen LogP contribution in [-0.4, -0.2) is 43.9 Å². The van der Waals surface area contributed by atoms with Crippen molar-refractivity contribution < 1.29 is 28.2 Å². The summed E-state index contributed by atoms with van der Waals surface area (Å²) in [6.45, 7) is 1.45. The highest BCUT2D eigenvalue weighted by atomic mass is 32.2. The molecule has 0 aliphatic heterocycles. The number of ether oxygens (including phenoxy) is 1. The highest BCUT2D eigenvalue weighted by Crippen LogP contribution is 2.17. The van der Waals surface area contributed by atoms with Gasteiger partial charge in [0.15, 0.2) is 0 Å². The zero-order valence-electron chi connectivity index (χ0n) is 13.5. The molecule has 2 aromatic carbocycles. The number of aryl methyl sites for hydroxylation is 1. The lowest BCUT2D eigenvalue weighted by molar-refractivity contribution is 0.0692. The fourth-order valence-electron chi connectivity index (χ4n) is 2.12. The van der Waals surface area contributed by atoms with E-state index in [-0.39, 0.29) is 23.6 Å². The first-order chi connectivity index (χ1) is 11.8. The molecule has 0 fully saturated rings. The predicted molar refractivity (Wildman–Crippen MR) is 91.3 cm³/mol. The molecular weight excluding hydrogens is 346 g/mol. The number of sulfonamides is 1. The maximum atomic E-state index is 12.3. The minimum atomic E-state index is -4.07. The Labute approximate surface area is 145 Å². The third kappa shape index (κ3) is 5.02. The summed E-state index contributed by atoms with van der Waals surface area (Å²) in [7, 11) is -4.07. The van der Waals surface area contributed by atoms with Gasteiger partial charge in [-0.1, -0.05) is 30.3 Å². The van der Waals surface area contributed by atoms with Crippen LogP contribution in [0.2, 0.25) is 0 Å². The normalized spacial score (nSPS) is 12.6. The number of nitrogens with one attached hydrogen (secondary N) is 1. The molecule has 0 aliphatic rings. The van der Waals surface area contributed by atoms with E-state index in [1.165, 1.54) is 24.3 Å². The van der Waals surface area contributed by atoms with E-state index in [0.717, 1.165) is 5.56 Å². The number of hydrogen-bond acceptors (Lipinski definition) is 5. The second kappa shape index (κ2) is 8.11. The number of benzene rings is 2. The number of aromatic carboxylic acids is 1. The largest absolute Gasteiger partial charge is 0.491 e. The summed E-state index contributed by atoms with van der Waals surface area (Å²) in [5.41, 5.74) is 0.561. The molecule has 2 aromatic rings. The van der Waals surface area contributed by atoms with Crippen LogP contribution in [-0.2, 0) is 10.0 Å². The molecular formula is C17H19NO6S. The van der Waals surface area contributed by atoms with Crippen molar-refractivity contribution in [3.63, 3.8) is 0 Å². The zero-order chi connectivity index (χ0) is 18.4. The van der Waals surface area contributed by atoms with Crippen LogP contribution in [0.15, 0.2) is 53.4 Å². The van der Waals surface area contributed by atoms with E-state index in [9.17, 15) is 18.3 Å². The molecule has 0 bridgehead atoms. The van der Waals surface area contributed by atoms with Gasteiger partial charge in [0.05, 0.1) is 10.5 Å². The Morgan fingerprint density at radius 3 is 2.48 bits per heavy atom. The Kier molecular flexibility index (Phi) is 6.13. The lowest BCUT2D eigenvalue weighted by Gasteiger charge is -2.15. The Balaban J connectivity index is 1.98. The molecule has 3 N–H and O–H groups in total. The Bertz CT molecular complexity index is 850. The third-order valence-electron chi connectivity index (χ3n) is 3.44. The fraction of sp³-hybridized carbons (Fsp3) is 0.235. The highest BCUT2D eigenvalue weighted by molar-refractivity contribution is 7.89. The van der Waals surface area contributed by atoms with Crippen LogP contribution in [0, 0.1) is 6.92 Å². The molecule has 0 saturated heterocycles. The maximum Gasteiger partial charge on any atom is 0.337 e. The molecule has 1 atom stereocenters. The summed E-state index contributed by atoms with van der Waals surface area (Å²) < 4.78 is 32.2. The summed E-state index contributed by atoms with van der Waals surface area (Å²) in [5.74, 6) is -0.745. The molecule has 0 aliphatic carbocycles. The number of carboxylic acids is 1. The van der Waals surface area contributed by atoms with Gasteiger partial charge in [0.1, 0.15) is 18.5 Å². The first kappa shape index (κ1) is 18.9. The van der Waals surface area contributed by atoms with Gasteiger partial charge in [-0.05, 0) is 30.7 Å². The number of carbonyl (C=O) groups is 1. The SMILES string of the molecule is Cc1ccccc1OC[C@@H](O)CNS(=O)(=O)c1ccccc1C(=O)O. The molecule has 2 rings (SSSR count). The van der Waals surface area contributed by atoms with Crippen LogP contribution < -0.4 is 9.46 Å². The topological polar surface area (TPSA) is 113 Å². The summed E-state index contributed by atoms with van der Waals surface area (Å²) >= 11 is 0. The third-order valence-corrected chi connectivity index (χ3v) is 4.92. The van der Waals surface area contributed by atoms with E-state index in [1.54, 1.807) is 12.1 Å². The first-order valence-corrected chi connectivity index (χ1v) is 8.98. The summed E-state index contributed by atoms with van der Waals surface area (Å²) in [6.07, 6.45) is -1.09. The Morgan fingerprint density at radius 2 is 1.80 bits per heavy atom. The van der Waals surface area contributed by atoms with Gasteiger partial charge in [-0.3, -0.25) is 0 Å². The van der Waals surface area contributed by atoms with Crippen LogP contribution in [0.3, 0.4) is 0 Å². The lowest BCUT2D eigenvalue weighted by atomic mass is 10.2. The van der Waals surface area contributed by atoms with Crippen molar-refractivity contribution in [1.29, 1.82) is 0 Å². The average molecular weight is 365 g/mol. The molecule has 7 nitrogen and oxygen atoms in total. The average Bonchev–Trinajstić information content (AvgIpc) is 2.59. The lowest BCUT2D eigenvalue weighted by Crippen LogP contribution is -2.35. The highest BCUT2D eigenvalue weighted by Gasteiger charge is 2.22. The monoisotopic (exact) mass is 365 g/mol. The van der Waals surface area contributed by atoms with Gasteiger partial charge in [-0.15, -0.1) is 0 Å². The molecule has 0 aromatic heterocycles. The number of para-hydroxylation sites is 1. The fourth-order valence-corrected chi connectivity index (χ4v) is 3.39. The second-order valence-electron chi connectivity index (χ2n) is 5.38. The first-order valence-electron chi connectivity index (χ1n) is 7.50. The van der Waals surface area contributed by atoms with E-state index < -0.39 is 22.1 Å². The summed E-state index contributed by atoms with van der Waals surface area (Å²) in [4.78, 5) is 10.8. The molecule has 0 spiro atoms. The van der Waals surface area contributed by atoms with Crippen molar-refractivity contribution in [2.24, 2.45) is 0 Å². The summed E-state index contributed by atoms with van der Waals surface area (Å²) in [6, 6.07) is 12.5. The van der Waals surface area contributed by atoms with Crippen molar-refractivity contribution in [2.45, 2.75) is 17.9 Å². The zero-order valence-corrected chi connectivity index (χ0v) is 14.4. The molecule has 0 saturated carbocycles. The summed E-state index contributed by atoms with van der Waals surface area (Å²) in [5, 5.41) is 19.0. The van der Waals surface area contributed by atoms with Gasteiger partial charge < -0.3 is 14.9 Å². The number of aliphatic hydroxyl groups is 1. The van der Waals surface area contributed by atoms with Crippen molar-refractivity contribution in [1.82, 2.24) is 4.72 Å². The second-order valence-corrected chi connectivity index (χ2v) is 7.12. The van der Waals surface area contributed by atoms with Crippen LogP contribution in [0.5, 0.6) is 5.75 Å². The number of carboxylic acid groups (broad SMARTS) is 1. The minimum absolute atomic E-state index is 0.103. The molecule has 0 heterocycles. The molecule has 0 amide bonds. The minimum Gasteiger partial charge on any atom is -0.491 e. The van der Waals surface area contributed by atoms with Gasteiger partial charge in [-0.25, -0.2) is 17.9 Å². The standard InChI is InChI=1S/C17H19NO6S/c1-12-6-2-4-8-15(12)24-11-13(19)10-18-25(22,23)16-9-5-3-7-14(16)17(20)21/h2-9,13,18-19H,10-11H2,1H3,(H,20,21)/t13-/m0/s1. The van der Waals surface area contributed by atoms with E-state index >= 15 is 0 Å². The van der Waals surface area contributed by atoms with Crippen molar-refractivity contribution in [3.05, 3.63) is 59.7 Å². The van der Waals surface area contributed by atoms with Crippen LogP contribution in [0.4, 0.5) is 0 Å². The van der Waals surface area contributed by atoms with E-state index in [4.69, 9.17) is 9.84 Å². The van der Waals surface area contributed by atoms with Gasteiger partial charge in [0.2, 0.25) is 10.0 Å². The molecule has 0 radical (unpaired) electrons. The number of hydrogen-bond donors (Lipinski definition) is 3. The number of aliphatic hydroxyl groups excluding tert-OH is 1. The Hall–Kier alpha value is -2.42. The van der Waals surface area contributed by atoms with Gasteiger partial charge in [-0.2, -0.15) is 0 Å². The number of rotatable bonds is 8. The van der Waals surface area contributed by atoms with Crippen molar-refractivity contribution >= 4 is 16.0 Å². The van der Waals surface area contributed by atoms with Gasteiger partial charge in [0.25, 0.3) is 0 Å². The van der Waals surface area contributed by atoms with Crippen molar-refractivity contribution in [3.8, 4) is 5.75 Å². The van der Waals surface area contributed by atoms with Gasteiger partial charge >= 0.3 is 5.97 Å². The van der Waals surface area contributed by atoms with Gasteiger partial charge in [0, 0.05) is 6.54 Å². The van der Waals surface area contributed by atoms with E-state index in [2.05, 4.69) is 4.72 Å². The predicted octanol–water partition coefficient (Wildman–Crippen LogP) is 1.41.